The summed E-state index contributed by atoms with van der Waals surface area (Å²) in [6, 6.07) is 0. The molecule has 1 unspecified atom stereocenters. The van der Waals surface area contributed by atoms with E-state index in [0.717, 1.165) is 18.4 Å². The lowest BCUT2D eigenvalue weighted by Gasteiger charge is -2.33. The van der Waals surface area contributed by atoms with Crippen molar-refractivity contribution in [2.45, 2.75) is 25.9 Å². The van der Waals surface area contributed by atoms with Gasteiger partial charge in [0, 0.05) is 25.5 Å². The zero-order chi connectivity index (χ0) is 15.5. The number of carbonyl (C=O) groups is 1. The molecular formula is C14H20F3N3O. The fourth-order valence-electron chi connectivity index (χ4n) is 2.73. The number of carbonyl (C=O) groups excluding carboxylic acids is 1. The van der Waals surface area contributed by atoms with Crippen molar-refractivity contribution >= 4 is 5.91 Å². The fraction of sp³-hybridized carbons (Fsp3) is 0.643. The number of amides is 1. The average Bonchev–Trinajstić information content (AvgIpc) is 2.81. The van der Waals surface area contributed by atoms with Crippen LogP contribution in [0.25, 0.3) is 0 Å². The Morgan fingerprint density at radius 3 is 2.86 bits per heavy atom. The molecule has 0 aliphatic carbocycles. The molecule has 0 aromatic carbocycles. The Labute approximate surface area is 121 Å². The second-order valence-corrected chi connectivity index (χ2v) is 5.62. The molecule has 1 saturated heterocycles. The van der Waals surface area contributed by atoms with Crippen molar-refractivity contribution in [2.24, 2.45) is 5.92 Å². The summed E-state index contributed by atoms with van der Waals surface area (Å²) in [5.41, 5.74) is 1.44. The van der Waals surface area contributed by atoms with Crippen molar-refractivity contribution in [2.75, 3.05) is 26.2 Å². The predicted octanol–water partition coefficient (Wildman–Crippen LogP) is 2.33. The van der Waals surface area contributed by atoms with Gasteiger partial charge in [-0.3, -0.25) is 9.69 Å². The number of hydrogen-bond donors (Lipinski definition) is 2. The van der Waals surface area contributed by atoms with E-state index in [9.17, 15) is 18.0 Å². The molecule has 7 heteroatoms. The molecule has 2 N–H and O–H groups in total. The first-order chi connectivity index (χ1) is 9.85. The maximum Gasteiger partial charge on any atom is 0.401 e. The molecule has 1 atom stereocenters. The number of likely N-dealkylation sites (tertiary alicyclic amines) is 1. The second kappa shape index (κ2) is 6.51. The van der Waals surface area contributed by atoms with Crippen LogP contribution in [-0.2, 0) is 0 Å². The molecule has 0 spiro atoms. The van der Waals surface area contributed by atoms with Crippen LogP contribution >= 0.6 is 0 Å². The Balaban J connectivity index is 1.80. The summed E-state index contributed by atoms with van der Waals surface area (Å²) in [5, 5.41) is 2.81. The maximum absolute atomic E-state index is 12.4. The van der Waals surface area contributed by atoms with Gasteiger partial charge < -0.3 is 10.3 Å². The van der Waals surface area contributed by atoms with Crippen molar-refractivity contribution in [3.63, 3.8) is 0 Å². The minimum absolute atomic E-state index is 0.0734. The van der Waals surface area contributed by atoms with Gasteiger partial charge in [-0.05, 0) is 37.8 Å². The SMILES string of the molecule is Cc1c[nH]cc1C(=O)NCC1CCCN(CC(F)(F)F)C1. The molecule has 4 nitrogen and oxygen atoms in total. The normalized spacial score (nSPS) is 20.5. The van der Waals surface area contributed by atoms with Gasteiger partial charge >= 0.3 is 6.18 Å². The molecule has 1 aliphatic heterocycles. The number of aromatic nitrogens is 1. The van der Waals surface area contributed by atoms with Gasteiger partial charge in [0.15, 0.2) is 0 Å². The van der Waals surface area contributed by atoms with E-state index in [0.29, 0.717) is 25.2 Å². The zero-order valence-corrected chi connectivity index (χ0v) is 12.0. The summed E-state index contributed by atoms with van der Waals surface area (Å²) in [6.07, 6.45) is 0.788. The van der Waals surface area contributed by atoms with Crippen molar-refractivity contribution in [3.05, 3.63) is 23.5 Å². The first-order valence-electron chi connectivity index (χ1n) is 7.06. The summed E-state index contributed by atoms with van der Waals surface area (Å²) >= 11 is 0. The lowest BCUT2D eigenvalue weighted by molar-refractivity contribution is -0.149. The first kappa shape index (κ1) is 15.9. The highest BCUT2D eigenvalue weighted by Crippen LogP contribution is 2.22. The highest BCUT2D eigenvalue weighted by atomic mass is 19.4. The lowest BCUT2D eigenvalue weighted by atomic mass is 9.98. The Hall–Kier alpha value is -1.50. The van der Waals surface area contributed by atoms with Gasteiger partial charge in [0.25, 0.3) is 5.91 Å². The third-order valence-corrected chi connectivity index (χ3v) is 3.75. The van der Waals surface area contributed by atoms with Gasteiger partial charge in [-0.2, -0.15) is 13.2 Å². The molecule has 0 saturated carbocycles. The van der Waals surface area contributed by atoms with Crippen LogP contribution in [0.2, 0.25) is 0 Å². The van der Waals surface area contributed by atoms with E-state index in [4.69, 9.17) is 0 Å². The van der Waals surface area contributed by atoms with Gasteiger partial charge in [-0.1, -0.05) is 0 Å². The Morgan fingerprint density at radius 2 is 2.24 bits per heavy atom. The van der Waals surface area contributed by atoms with Crippen LogP contribution < -0.4 is 5.32 Å². The quantitative estimate of drug-likeness (QED) is 0.897. The number of rotatable bonds is 4. The molecule has 1 aromatic heterocycles. The number of H-pyrrole nitrogens is 1. The molecule has 118 valence electrons. The summed E-state index contributed by atoms with van der Waals surface area (Å²) in [5.74, 6) is -0.106. The van der Waals surface area contributed by atoms with Gasteiger partial charge in [0.1, 0.15) is 0 Å². The molecule has 21 heavy (non-hydrogen) atoms. The second-order valence-electron chi connectivity index (χ2n) is 5.62. The number of piperidine rings is 1. The maximum atomic E-state index is 12.4. The van der Waals surface area contributed by atoms with E-state index < -0.39 is 12.7 Å². The van der Waals surface area contributed by atoms with Crippen LogP contribution in [0.5, 0.6) is 0 Å². The number of aromatic amines is 1. The summed E-state index contributed by atoms with van der Waals surface area (Å²) < 4.78 is 37.2. The smallest absolute Gasteiger partial charge is 0.367 e. The predicted molar refractivity (Wildman–Crippen MR) is 73.1 cm³/mol. The van der Waals surface area contributed by atoms with Gasteiger partial charge in [-0.25, -0.2) is 0 Å². The highest BCUT2D eigenvalue weighted by molar-refractivity contribution is 5.95. The summed E-state index contributed by atoms with van der Waals surface area (Å²) in [4.78, 5) is 16.2. The van der Waals surface area contributed by atoms with Crippen LogP contribution in [0.1, 0.15) is 28.8 Å². The van der Waals surface area contributed by atoms with Crippen molar-refractivity contribution in [1.29, 1.82) is 0 Å². The van der Waals surface area contributed by atoms with E-state index in [-0.39, 0.29) is 11.8 Å². The number of hydrogen-bond acceptors (Lipinski definition) is 2. The van der Waals surface area contributed by atoms with Gasteiger partial charge in [0.05, 0.1) is 12.1 Å². The van der Waals surface area contributed by atoms with E-state index in [1.165, 1.54) is 4.90 Å². The van der Waals surface area contributed by atoms with Crippen LogP contribution in [-0.4, -0.2) is 48.1 Å². The van der Waals surface area contributed by atoms with Crippen LogP contribution in [0.4, 0.5) is 13.2 Å². The highest BCUT2D eigenvalue weighted by Gasteiger charge is 2.33. The Kier molecular flexibility index (Phi) is 4.92. The largest absolute Gasteiger partial charge is 0.401 e. The van der Waals surface area contributed by atoms with E-state index in [1.54, 1.807) is 12.4 Å². The number of halogens is 3. The molecule has 1 amide bonds. The number of aryl methyl sites for hydroxylation is 1. The number of alkyl halides is 3. The van der Waals surface area contributed by atoms with Crippen LogP contribution in [0.15, 0.2) is 12.4 Å². The molecule has 0 bridgehead atoms. The molecular weight excluding hydrogens is 283 g/mol. The van der Waals surface area contributed by atoms with Crippen molar-refractivity contribution in [3.8, 4) is 0 Å². The fourth-order valence-corrected chi connectivity index (χ4v) is 2.73. The standard InChI is InChI=1S/C14H20F3N3O/c1-10-5-18-7-12(10)13(21)19-6-11-3-2-4-20(8-11)9-14(15,16)17/h5,7,11,18H,2-4,6,8-9H2,1H3,(H,19,21). The molecule has 0 radical (unpaired) electrons. The van der Waals surface area contributed by atoms with E-state index in [2.05, 4.69) is 10.3 Å². The van der Waals surface area contributed by atoms with Crippen molar-refractivity contribution < 1.29 is 18.0 Å². The molecule has 2 rings (SSSR count). The average molecular weight is 303 g/mol. The summed E-state index contributed by atoms with van der Waals surface area (Å²) in [7, 11) is 0. The number of nitrogens with zero attached hydrogens (tertiary/aromatic N) is 1. The Bertz CT molecular complexity index is 484. The minimum Gasteiger partial charge on any atom is -0.367 e. The van der Waals surface area contributed by atoms with E-state index in [1.807, 2.05) is 6.92 Å². The van der Waals surface area contributed by atoms with Crippen molar-refractivity contribution in [1.82, 2.24) is 15.2 Å². The molecule has 1 aromatic rings. The lowest BCUT2D eigenvalue weighted by Crippen LogP contribution is -2.44. The minimum atomic E-state index is -4.16. The monoisotopic (exact) mass is 303 g/mol. The summed E-state index contributed by atoms with van der Waals surface area (Å²) in [6.45, 7) is 2.23. The molecule has 1 aliphatic rings. The van der Waals surface area contributed by atoms with Crippen LogP contribution in [0, 0.1) is 12.8 Å². The van der Waals surface area contributed by atoms with Crippen LogP contribution in [0.3, 0.4) is 0 Å². The first-order valence-corrected chi connectivity index (χ1v) is 7.06. The Morgan fingerprint density at radius 1 is 1.48 bits per heavy atom. The molecule has 1 fully saturated rings. The van der Waals surface area contributed by atoms with Gasteiger partial charge in [-0.15, -0.1) is 0 Å². The van der Waals surface area contributed by atoms with E-state index >= 15 is 0 Å². The third-order valence-electron chi connectivity index (χ3n) is 3.75. The zero-order valence-electron chi connectivity index (χ0n) is 12.0. The molecule has 2 heterocycles. The van der Waals surface area contributed by atoms with Gasteiger partial charge in [0.2, 0.25) is 0 Å². The topological polar surface area (TPSA) is 48.1 Å². The number of nitrogens with one attached hydrogen (secondary N) is 2. The third kappa shape index (κ3) is 4.77.